The molecule has 1 aliphatic heterocycles. The van der Waals surface area contributed by atoms with E-state index in [0.717, 1.165) is 11.8 Å². The first-order chi connectivity index (χ1) is 17.2. The summed E-state index contributed by atoms with van der Waals surface area (Å²) in [5.41, 5.74) is 2.04. The quantitative estimate of drug-likeness (QED) is 0.485. The molecular formula is C26H26ClN3O5S. The molecule has 0 spiro atoms. The summed E-state index contributed by atoms with van der Waals surface area (Å²) in [6.07, 6.45) is 0.893. The van der Waals surface area contributed by atoms with Crippen LogP contribution in [0.25, 0.3) is 0 Å². The van der Waals surface area contributed by atoms with Crippen molar-refractivity contribution in [3.63, 3.8) is 0 Å². The third kappa shape index (κ3) is 6.16. The smallest absolute Gasteiger partial charge is 0.265 e. The summed E-state index contributed by atoms with van der Waals surface area (Å²) in [7, 11) is -3.62. The summed E-state index contributed by atoms with van der Waals surface area (Å²) < 4.78 is 31.8. The third-order valence-electron chi connectivity index (χ3n) is 5.72. The number of hydrogen-bond acceptors (Lipinski definition) is 5. The Morgan fingerprint density at radius 2 is 1.78 bits per heavy atom. The molecule has 4 rings (SSSR count). The second kappa shape index (κ2) is 11.0. The second-order valence-corrected chi connectivity index (χ2v) is 10.7. The molecule has 1 atom stereocenters. The number of amides is 2. The minimum atomic E-state index is -3.62. The zero-order chi connectivity index (χ0) is 25.7. The van der Waals surface area contributed by atoms with Gasteiger partial charge in [0.1, 0.15) is 5.75 Å². The number of rotatable bonds is 7. The van der Waals surface area contributed by atoms with E-state index in [1.54, 1.807) is 30.3 Å². The molecule has 2 amide bonds. The number of fused-ring (bicyclic) bond motifs is 1. The molecule has 0 fully saturated rings. The minimum Gasteiger partial charge on any atom is -0.478 e. The molecule has 1 heterocycles. The van der Waals surface area contributed by atoms with E-state index in [2.05, 4.69) is 10.6 Å². The summed E-state index contributed by atoms with van der Waals surface area (Å²) in [5, 5.41) is 6.01. The third-order valence-corrected chi connectivity index (χ3v) is 7.13. The number of ether oxygens (including phenoxy) is 1. The summed E-state index contributed by atoms with van der Waals surface area (Å²) in [6.45, 7) is 0.476. The maximum atomic E-state index is 13.2. The standard InChI is InChI=1S/C26H26ClN3O5S/c1-36(33,34)30-16-14-24(35-23-12-11-19(27)17-22(23)30)26(32)29-21-10-6-5-9-20(21)25(31)28-15-13-18-7-3-2-4-8-18/h2-12,17,24H,13-16H2,1H3,(H,28,31)(H,29,32). The first-order valence-corrected chi connectivity index (χ1v) is 13.6. The van der Waals surface area contributed by atoms with Crippen molar-refractivity contribution in [3.05, 3.63) is 88.9 Å². The van der Waals surface area contributed by atoms with Crippen LogP contribution in [0.15, 0.2) is 72.8 Å². The van der Waals surface area contributed by atoms with Crippen LogP contribution in [-0.4, -0.2) is 45.7 Å². The van der Waals surface area contributed by atoms with E-state index >= 15 is 0 Å². The Labute approximate surface area is 215 Å². The Morgan fingerprint density at radius 3 is 2.53 bits per heavy atom. The monoisotopic (exact) mass is 527 g/mol. The van der Waals surface area contributed by atoms with Crippen molar-refractivity contribution < 1.29 is 22.7 Å². The number of nitrogens with zero attached hydrogens (tertiary/aromatic N) is 1. The van der Waals surface area contributed by atoms with Gasteiger partial charge in [-0.3, -0.25) is 13.9 Å². The molecule has 188 valence electrons. The molecule has 36 heavy (non-hydrogen) atoms. The highest BCUT2D eigenvalue weighted by atomic mass is 35.5. The summed E-state index contributed by atoms with van der Waals surface area (Å²) >= 11 is 6.08. The van der Waals surface area contributed by atoms with Crippen LogP contribution >= 0.6 is 11.6 Å². The number of halogens is 1. The molecule has 0 aliphatic carbocycles. The zero-order valence-corrected chi connectivity index (χ0v) is 21.2. The number of carbonyl (C=O) groups is 2. The average Bonchev–Trinajstić information content (AvgIpc) is 3.04. The van der Waals surface area contributed by atoms with Crippen molar-refractivity contribution in [2.45, 2.75) is 18.9 Å². The topological polar surface area (TPSA) is 105 Å². The number of anilines is 2. The van der Waals surface area contributed by atoms with Gasteiger partial charge in [-0.2, -0.15) is 0 Å². The highest BCUT2D eigenvalue weighted by Gasteiger charge is 2.32. The Morgan fingerprint density at radius 1 is 1.06 bits per heavy atom. The van der Waals surface area contributed by atoms with E-state index in [9.17, 15) is 18.0 Å². The molecule has 2 N–H and O–H groups in total. The second-order valence-electron chi connectivity index (χ2n) is 8.37. The van der Waals surface area contributed by atoms with Crippen LogP contribution in [0.3, 0.4) is 0 Å². The van der Waals surface area contributed by atoms with Crippen molar-refractivity contribution >= 4 is 44.8 Å². The lowest BCUT2D eigenvalue weighted by Crippen LogP contribution is -2.36. The number of para-hydroxylation sites is 1. The Bertz CT molecular complexity index is 1370. The van der Waals surface area contributed by atoms with Gasteiger partial charge in [0, 0.05) is 24.5 Å². The Kier molecular flexibility index (Phi) is 7.81. The lowest BCUT2D eigenvalue weighted by molar-refractivity contribution is -0.122. The van der Waals surface area contributed by atoms with Crippen LogP contribution in [0, 0.1) is 0 Å². The van der Waals surface area contributed by atoms with Crippen LogP contribution in [0.1, 0.15) is 22.3 Å². The largest absolute Gasteiger partial charge is 0.478 e. The SMILES string of the molecule is CS(=O)(=O)N1CCC(C(=O)Nc2ccccc2C(=O)NCCc2ccccc2)Oc2ccc(Cl)cc21. The number of nitrogens with one attached hydrogen (secondary N) is 2. The van der Waals surface area contributed by atoms with E-state index in [-0.39, 0.29) is 30.3 Å². The van der Waals surface area contributed by atoms with Gasteiger partial charge in [-0.1, -0.05) is 54.1 Å². The molecule has 8 nitrogen and oxygen atoms in total. The Balaban J connectivity index is 1.47. The van der Waals surface area contributed by atoms with Gasteiger partial charge in [0.15, 0.2) is 6.10 Å². The highest BCUT2D eigenvalue weighted by Crippen LogP contribution is 2.36. The van der Waals surface area contributed by atoms with Crippen LogP contribution in [-0.2, 0) is 21.2 Å². The zero-order valence-electron chi connectivity index (χ0n) is 19.6. The van der Waals surface area contributed by atoms with Crippen LogP contribution in [0.4, 0.5) is 11.4 Å². The normalized spacial score (nSPS) is 15.3. The number of hydrogen-bond donors (Lipinski definition) is 2. The molecule has 0 aromatic heterocycles. The van der Waals surface area contributed by atoms with E-state index in [4.69, 9.17) is 16.3 Å². The molecule has 0 bridgehead atoms. The molecule has 1 unspecified atom stereocenters. The maximum absolute atomic E-state index is 13.2. The van der Waals surface area contributed by atoms with Gasteiger partial charge < -0.3 is 15.4 Å². The molecular weight excluding hydrogens is 502 g/mol. The molecule has 3 aromatic carbocycles. The lowest BCUT2D eigenvalue weighted by atomic mass is 10.1. The number of sulfonamides is 1. The highest BCUT2D eigenvalue weighted by molar-refractivity contribution is 7.92. The van der Waals surface area contributed by atoms with Crippen molar-refractivity contribution in [2.75, 3.05) is 29.0 Å². The maximum Gasteiger partial charge on any atom is 0.265 e. The molecule has 0 saturated carbocycles. The molecule has 10 heteroatoms. The fraction of sp³-hybridized carbons (Fsp3) is 0.231. The molecule has 0 radical (unpaired) electrons. The van der Waals surface area contributed by atoms with Crippen LogP contribution < -0.4 is 19.7 Å². The molecule has 3 aromatic rings. The lowest BCUT2D eigenvalue weighted by Gasteiger charge is -2.21. The fourth-order valence-electron chi connectivity index (χ4n) is 3.94. The Hall–Kier alpha value is -3.56. The average molecular weight is 528 g/mol. The van der Waals surface area contributed by atoms with Crippen molar-refractivity contribution in [2.24, 2.45) is 0 Å². The molecule has 1 aliphatic rings. The van der Waals surface area contributed by atoms with Crippen molar-refractivity contribution in [3.8, 4) is 5.75 Å². The van der Waals surface area contributed by atoms with E-state index in [1.165, 1.54) is 16.4 Å². The van der Waals surface area contributed by atoms with Crippen molar-refractivity contribution in [1.29, 1.82) is 0 Å². The van der Waals surface area contributed by atoms with Gasteiger partial charge in [-0.05, 0) is 42.3 Å². The van der Waals surface area contributed by atoms with Gasteiger partial charge in [-0.15, -0.1) is 0 Å². The number of benzene rings is 3. The van der Waals surface area contributed by atoms with Crippen LogP contribution in [0.2, 0.25) is 5.02 Å². The summed E-state index contributed by atoms with van der Waals surface area (Å²) in [4.78, 5) is 26.0. The van der Waals surface area contributed by atoms with Crippen LogP contribution in [0.5, 0.6) is 5.75 Å². The fourth-order valence-corrected chi connectivity index (χ4v) is 5.05. The van der Waals surface area contributed by atoms with E-state index in [1.807, 2.05) is 30.3 Å². The number of carbonyl (C=O) groups excluding carboxylic acids is 2. The first kappa shape index (κ1) is 25.5. The van der Waals surface area contributed by atoms with Crippen molar-refractivity contribution in [1.82, 2.24) is 5.32 Å². The summed E-state index contributed by atoms with van der Waals surface area (Å²) in [5.74, 6) is -0.572. The van der Waals surface area contributed by atoms with E-state index in [0.29, 0.717) is 29.2 Å². The first-order valence-electron chi connectivity index (χ1n) is 11.4. The van der Waals surface area contributed by atoms with E-state index < -0.39 is 22.0 Å². The predicted octanol–water partition coefficient (Wildman–Crippen LogP) is 3.87. The molecule has 0 saturated heterocycles. The van der Waals surface area contributed by atoms with Gasteiger partial charge >= 0.3 is 0 Å². The minimum absolute atomic E-state index is 0.0336. The predicted molar refractivity (Wildman–Crippen MR) is 140 cm³/mol. The van der Waals surface area contributed by atoms with Gasteiger partial charge in [0.05, 0.1) is 23.2 Å². The van der Waals surface area contributed by atoms with Gasteiger partial charge in [0.25, 0.3) is 11.8 Å². The van der Waals surface area contributed by atoms with Gasteiger partial charge in [-0.25, -0.2) is 8.42 Å². The van der Waals surface area contributed by atoms with Gasteiger partial charge in [0.2, 0.25) is 10.0 Å². The summed E-state index contributed by atoms with van der Waals surface area (Å²) in [6, 6.07) is 21.1.